The van der Waals surface area contributed by atoms with Gasteiger partial charge in [0.1, 0.15) is 0 Å². The summed E-state index contributed by atoms with van der Waals surface area (Å²) in [6.45, 7) is 3.79. The molecule has 0 aromatic heterocycles. The van der Waals surface area contributed by atoms with E-state index in [1.54, 1.807) is 4.90 Å². The molecule has 1 aliphatic rings. The minimum absolute atomic E-state index is 0.00274. The standard InChI is InChI=1S/C15H19F3N2O/c1-10-3-2-8-20(9-10)13(21)6-7-19-12-5-4-11(16)14(17)15(12)18/h4-5,10,19H,2-3,6-9H2,1H3. The van der Waals surface area contributed by atoms with Crippen LogP contribution < -0.4 is 5.32 Å². The van der Waals surface area contributed by atoms with Crippen LogP contribution in [0.1, 0.15) is 26.2 Å². The van der Waals surface area contributed by atoms with Crippen LogP contribution in [-0.4, -0.2) is 30.4 Å². The van der Waals surface area contributed by atoms with Gasteiger partial charge in [-0.3, -0.25) is 4.79 Å². The van der Waals surface area contributed by atoms with Crippen molar-refractivity contribution in [3.05, 3.63) is 29.6 Å². The molecule has 1 N–H and O–H groups in total. The number of piperidine rings is 1. The number of nitrogens with zero attached hydrogens (tertiary/aromatic N) is 1. The van der Waals surface area contributed by atoms with Crippen LogP contribution in [0.2, 0.25) is 0 Å². The van der Waals surface area contributed by atoms with Crippen LogP contribution in [0.25, 0.3) is 0 Å². The molecule has 1 aromatic carbocycles. The van der Waals surface area contributed by atoms with E-state index in [-0.39, 0.29) is 24.6 Å². The van der Waals surface area contributed by atoms with Gasteiger partial charge in [0, 0.05) is 26.1 Å². The number of halogens is 3. The molecule has 1 aliphatic heterocycles. The summed E-state index contributed by atoms with van der Waals surface area (Å²) in [7, 11) is 0. The Morgan fingerprint density at radius 2 is 2.10 bits per heavy atom. The molecule has 3 nitrogen and oxygen atoms in total. The number of amides is 1. The van der Waals surface area contributed by atoms with Crippen LogP contribution >= 0.6 is 0 Å². The van der Waals surface area contributed by atoms with Gasteiger partial charge in [0.15, 0.2) is 17.5 Å². The van der Waals surface area contributed by atoms with E-state index in [2.05, 4.69) is 12.2 Å². The second-order valence-electron chi connectivity index (χ2n) is 5.49. The number of carbonyl (C=O) groups is 1. The molecule has 116 valence electrons. The fourth-order valence-electron chi connectivity index (χ4n) is 2.54. The molecule has 1 heterocycles. The van der Waals surface area contributed by atoms with Crippen LogP contribution in [0.5, 0.6) is 0 Å². The lowest BCUT2D eigenvalue weighted by atomic mass is 10.00. The van der Waals surface area contributed by atoms with Crippen LogP contribution in [0.3, 0.4) is 0 Å². The molecule has 0 aliphatic carbocycles. The van der Waals surface area contributed by atoms with E-state index in [0.29, 0.717) is 5.92 Å². The van der Waals surface area contributed by atoms with E-state index in [1.807, 2.05) is 0 Å². The van der Waals surface area contributed by atoms with E-state index in [1.165, 1.54) is 0 Å². The van der Waals surface area contributed by atoms with Crippen molar-refractivity contribution in [3.8, 4) is 0 Å². The Labute approximate surface area is 122 Å². The summed E-state index contributed by atoms with van der Waals surface area (Å²) in [6.07, 6.45) is 2.32. The molecule has 0 radical (unpaired) electrons. The zero-order chi connectivity index (χ0) is 15.4. The third-order valence-corrected chi connectivity index (χ3v) is 3.70. The number of hydrogen-bond donors (Lipinski definition) is 1. The largest absolute Gasteiger partial charge is 0.382 e. The Bertz CT molecular complexity index is 522. The Kier molecular flexibility index (Phi) is 5.09. The summed E-state index contributed by atoms with van der Waals surface area (Å²) in [5.41, 5.74) is -0.131. The highest BCUT2D eigenvalue weighted by Crippen LogP contribution is 2.20. The molecule has 1 aromatic rings. The third-order valence-electron chi connectivity index (χ3n) is 3.70. The van der Waals surface area contributed by atoms with Crippen LogP contribution in [0.4, 0.5) is 18.9 Å². The molecule has 1 unspecified atom stereocenters. The molecule has 0 spiro atoms. The van der Waals surface area contributed by atoms with E-state index in [9.17, 15) is 18.0 Å². The number of nitrogens with one attached hydrogen (secondary N) is 1. The molecular weight excluding hydrogens is 281 g/mol. The van der Waals surface area contributed by atoms with E-state index < -0.39 is 17.5 Å². The maximum Gasteiger partial charge on any atom is 0.224 e. The van der Waals surface area contributed by atoms with Gasteiger partial charge in [-0.1, -0.05) is 6.92 Å². The lowest BCUT2D eigenvalue weighted by Crippen LogP contribution is -2.39. The van der Waals surface area contributed by atoms with Gasteiger partial charge < -0.3 is 10.2 Å². The molecule has 1 fully saturated rings. The molecule has 21 heavy (non-hydrogen) atoms. The van der Waals surface area contributed by atoms with Crippen molar-refractivity contribution in [2.24, 2.45) is 5.92 Å². The first kappa shape index (κ1) is 15.7. The molecule has 0 bridgehead atoms. The Hall–Kier alpha value is -1.72. The van der Waals surface area contributed by atoms with Gasteiger partial charge in [-0.15, -0.1) is 0 Å². The minimum atomic E-state index is -1.50. The first-order valence-corrected chi connectivity index (χ1v) is 7.14. The fourth-order valence-corrected chi connectivity index (χ4v) is 2.54. The third kappa shape index (κ3) is 3.89. The summed E-state index contributed by atoms with van der Waals surface area (Å²) in [6, 6.07) is 1.98. The summed E-state index contributed by atoms with van der Waals surface area (Å²) < 4.78 is 39.3. The lowest BCUT2D eigenvalue weighted by Gasteiger charge is -2.31. The topological polar surface area (TPSA) is 32.3 Å². The van der Waals surface area contributed by atoms with Crippen LogP contribution in [0, 0.1) is 23.4 Å². The van der Waals surface area contributed by atoms with Gasteiger partial charge in [-0.25, -0.2) is 13.2 Å². The lowest BCUT2D eigenvalue weighted by molar-refractivity contribution is -0.132. The molecule has 2 rings (SSSR count). The number of rotatable bonds is 4. The van der Waals surface area contributed by atoms with Crippen molar-refractivity contribution in [1.29, 1.82) is 0 Å². The van der Waals surface area contributed by atoms with Gasteiger partial charge in [-0.05, 0) is 30.9 Å². The van der Waals surface area contributed by atoms with Crippen molar-refractivity contribution in [3.63, 3.8) is 0 Å². The number of benzene rings is 1. The molecule has 0 saturated carbocycles. The summed E-state index contributed by atoms with van der Waals surface area (Å²) in [5, 5.41) is 2.63. The minimum Gasteiger partial charge on any atom is -0.382 e. The average Bonchev–Trinajstić information content (AvgIpc) is 2.47. The molecule has 1 atom stereocenters. The molecule has 6 heteroatoms. The summed E-state index contributed by atoms with van der Waals surface area (Å²) in [4.78, 5) is 13.8. The van der Waals surface area contributed by atoms with Gasteiger partial charge >= 0.3 is 0 Å². The van der Waals surface area contributed by atoms with E-state index in [4.69, 9.17) is 0 Å². The first-order chi connectivity index (χ1) is 9.99. The quantitative estimate of drug-likeness (QED) is 0.866. The molecule has 1 amide bonds. The first-order valence-electron chi connectivity index (χ1n) is 7.14. The average molecular weight is 300 g/mol. The maximum absolute atomic E-state index is 13.4. The van der Waals surface area contributed by atoms with Gasteiger partial charge in [0.2, 0.25) is 5.91 Å². The van der Waals surface area contributed by atoms with Crippen LogP contribution in [-0.2, 0) is 4.79 Å². The van der Waals surface area contributed by atoms with Crippen molar-refractivity contribution in [2.75, 3.05) is 25.0 Å². The normalized spacial score (nSPS) is 18.7. The monoisotopic (exact) mass is 300 g/mol. The van der Waals surface area contributed by atoms with E-state index in [0.717, 1.165) is 38.1 Å². The smallest absolute Gasteiger partial charge is 0.224 e. The van der Waals surface area contributed by atoms with Gasteiger partial charge in [0.25, 0.3) is 0 Å². The summed E-state index contributed by atoms with van der Waals surface area (Å²) >= 11 is 0. The summed E-state index contributed by atoms with van der Waals surface area (Å²) in [5.74, 6) is -3.49. The Morgan fingerprint density at radius 1 is 1.33 bits per heavy atom. The number of likely N-dealkylation sites (tertiary alicyclic amines) is 1. The second kappa shape index (κ2) is 6.83. The number of carbonyl (C=O) groups excluding carboxylic acids is 1. The Morgan fingerprint density at radius 3 is 2.81 bits per heavy atom. The molecular formula is C15H19F3N2O. The highest BCUT2D eigenvalue weighted by Gasteiger charge is 2.20. The van der Waals surface area contributed by atoms with Crippen LogP contribution in [0.15, 0.2) is 12.1 Å². The van der Waals surface area contributed by atoms with E-state index >= 15 is 0 Å². The van der Waals surface area contributed by atoms with Crippen molar-refractivity contribution >= 4 is 11.6 Å². The fraction of sp³-hybridized carbons (Fsp3) is 0.533. The zero-order valence-corrected chi connectivity index (χ0v) is 12.0. The van der Waals surface area contributed by atoms with Gasteiger partial charge in [0.05, 0.1) is 5.69 Å². The predicted molar refractivity (Wildman–Crippen MR) is 74.4 cm³/mol. The van der Waals surface area contributed by atoms with Crippen molar-refractivity contribution < 1.29 is 18.0 Å². The number of anilines is 1. The highest BCUT2D eigenvalue weighted by atomic mass is 19.2. The predicted octanol–water partition coefficient (Wildman–Crippen LogP) is 3.16. The van der Waals surface area contributed by atoms with Crippen molar-refractivity contribution in [1.82, 2.24) is 4.90 Å². The number of hydrogen-bond acceptors (Lipinski definition) is 2. The maximum atomic E-state index is 13.4. The SMILES string of the molecule is CC1CCCN(C(=O)CCNc2ccc(F)c(F)c2F)C1. The second-order valence-corrected chi connectivity index (χ2v) is 5.49. The highest BCUT2D eigenvalue weighted by molar-refractivity contribution is 5.76. The van der Waals surface area contributed by atoms with Gasteiger partial charge in [-0.2, -0.15) is 0 Å². The van der Waals surface area contributed by atoms with Crippen molar-refractivity contribution in [2.45, 2.75) is 26.2 Å². The zero-order valence-electron chi connectivity index (χ0n) is 12.0. The molecule has 1 saturated heterocycles. The Balaban J connectivity index is 1.84.